The fourth-order valence-electron chi connectivity index (χ4n) is 1.35. The van der Waals surface area contributed by atoms with Crippen LogP contribution in [0.15, 0.2) is 30.3 Å². The van der Waals surface area contributed by atoms with E-state index in [1.54, 1.807) is 0 Å². The van der Waals surface area contributed by atoms with Gasteiger partial charge in [-0.3, -0.25) is 10.6 Å². The Morgan fingerprint density at radius 3 is 2.46 bits per heavy atom. The third-order valence-corrected chi connectivity index (χ3v) is 2.12. The van der Waals surface area contributed by atoms with Gasteiger partial charge in [0.2, 0.25) is 0 Å². The van der Waals surface area contributed by atoms with Gasteiger partial charge in [0, 0.05) is 19.6 Å². The minimum Gasteiger partial charge on any atom is -0.298 e. The van der Waals surface area contributed by atoms with E-state index in [9.17, 15) is 0 Å². The van der Waals surface area contributed by atoms with Crippen molar-refractivity contribution in [2.24, 2.45) is 0 Å². The quantitative estimate of drug-likeness (QED) is 0.673. The third kappa shape index (κ3) is 3.57. The average molecular weight is 177 g/mol. The van der Waals surface area contributed by atoms with Gasteiger partial charge >= 0.3 is 0 Å². The molecule has 1 aromatic carbocycles. The lowest BCUT2D eigenvalue weighted by molar-refractivity contribution is 0.287. The van der Waals surface area contributed by atoms with Crippen LogP contribution < -0.4 is 5.73 Å². The van der Waals surface area contributed by atoms with Gasteiger partial charge in [0.05, 0.1) is 0 Å². The first-order valence-electron chi connectivity index (χ1n) is 4.77. The molecule has 0 saturated carbocycles. The van der Waals surface area contributed by atoms with E-state index >= 15 is 0 Å². The van der Waals surface area contributed by atoms with Crippen LogP contribution in [0.4, 0.5) is 0 Å². The molecule has 0 aromatic heterocycles. The molecule has 13 heavy (non-hydrogen) atoms. The Labute approximate surface area is 80.4 Å². The van der Waals surface area contributed by atoms with Crippen LogP contribution in [0, 0.1) is 0 Å². The summed E-state index contributed by atoms with van der Waals surface area (Å²) < 4.78 is 0. The van der Waals surface area contributed by atoms with Crippen molar-refractivity contribution in [1.29, 1.82) is 0 Å². The first-order chi connectivity index (χ1) is 6.36. The summed E-state index contributed by atoms with van der Waals surface area (Å²) in [5.41, 5.74) is 8.49. The van der Waals surface area contributed by atoms with E-state index in [4.69, 9.17) is 5.73 Å². The number of nitrogens with one attached hydrogen (secondary N) is 1. The Morgan fingerprint density at radius 2 is 1.92 bits per heavy atom. The number of benzene rings is 1. The van der Waals surface area contributed by atoms with E-state index in [1.165, 1.54) is 5.56 Å². The number of nitrogens with zero attached hydrogens (tertiary/aromatic N) is 1. The molecule has 1 rings (SSSR count). The van der Waals surface area contributed by atoms with Crippen molar-refractivity contribution in [2.75, 3.05) is 19.6 Å². The molecule has 0 aliphatic rings. The van der Waals surface area contributed by atoms with Gasteiger partial charge in [-0.1, -0.05) is 37.3 Å². The molecule has 0 aliphatic heterocycles. The third-order valence-electron chi connectivity index (χ3n) is 2.12. The van der Waals surface area contributed by atoms with Crippen molar-refractivity contribution >= 4 is 0 Å². The second-order valence-corrected chi connectivity index (χ2v) is 3.10. The van der Waals surface area contributed by atoms with Crippen LogP contribution in [0.25, 0.3) is 0 Å². The summed E-state index contributed by atoms with van der Waals surface area (Å²) in [5.74, 6) is 0. The number of rotatable bonds is 5. The molecule has 0 saturated heterocycles. The number of hydrogen-bond acceptors (Lipinski definition) is 1. The summed E-state index contributed by atoms with van der Waals surface area (Å²) in [6.07, 6.45) is 0. The summed E-state index contributed by atoms with van der Waals surface area (Å²) in [5, 5.41) is 0. The maximum absolute atomic E-state index is 7.16. The Morgan fingerprint density at radius 1 is 1.23 bits per heavy atom. The van der Waals surface area contributed by atoms with Crippen LogP contribution >= 0.6 is 0 Å². The van der Waals surface area contributed by atoms with Gasteiger partial charge in [-0.15, -0.1) is 0 Å². The van der Waals surface area contributed by atoms with Gasteiger partial charge in [-0.05, 0) is 12.1 Å². The van der Waals surface area contributed by atoms with Gasteiger partial charge in [-0.25, -0.2) is 0 Å². The van der Waals surface area contributed by atoms with Crippen LogP contribution in [0.3, 0.4) is 0 Å². The molecule has 2 heteroatoms. The van der Waals surface area contributed by atoms with Crippen LogP contribution in [-0.4, -0.2) is 24.5 Å². The molecule has 0 atom stereocenters. The second kappa shape index (κ2) is 5.73. The Balaban J connectivity index is 2.46. The summed E-state index contributed by atoms with van der Waals surface area (Å²) in [6, 6.07) is 10.4. The van der Waals surface area contributed by atoms with E-state index in [2.05, 4.69) is 36.1 Å². The standard InChI is InChI=1S/C11H17N2/c1-2-13(9-8-12)10-11-6-4-3-5-7-11/h3-7,12H,2,8-10H2,1H3. The average Bonchev–Trinajstić information content (AvgIpc) is 2.19. The van der Waals surface area contributed by atoms with E-state index in [-0.39, 0.29) is 0 Å². The zero-order chi connectivity index (χ0) is 9.52. The van der Waals surface area contributed by atoms with Crippen molar-refractivity contribution in [3.05, 3.63) is 35.9 Å². The Hall–Kier alpha value is -0.860. The largest absolute Gasteiger partial charge is 0.298 e. The van der Waals surface area contributed by atoms with Crippen molar-refractivity contribution in [3.8, 4) is 0 Å². The minimum atomic E-state index is 0.487. The van der Waals surface area contributed by atoms with E-state index in [0.717, 1.165) is 19.6 Å². The summed E-state index contributed by atoms with van der Waals surface area (Å²) in [7, 11) is 0. The topological polar surface area (TPSA) is 27.0 Å². The lowest BCUT2D eigenvalue weighted by atomic mass is 10.2. The molecule has 0 unspecified atom stereocenters. The van der Waals surface area contributed by atoms with Crippen LogP contribution in [-0.2, 0) is 6.54 Å². The molecule has 0 bridgehead atoms. The van der Waals surface area contributed by atoms with Crippen LogP contribution in [0.5, 0.6) is 0 Å². The van der Waals surface area contributed by atoms with Crippen LogP contribution in [0.1, 0.15) is 12.5 Å². The van der Waals surface area contributed by atoms with Crippen molar-refractivity contribution < 1.29 is 0 Å². The highest BCUT2D eigenvalue weighted by atomic mass is 15.1. The summed E-state index contributed by atoms with van der Waals surface area (Å²) in [4.78, 5) is 2.28. The summed E-state index contributed by atoms with van der Waals surface area (Å²) >= 11 is 0. The molecule has 0 amide bonds. The fraction of sp³-hybridized carbons (Fsp3) is 0.455. The SMILES string of the molecule is CCN(CC[NH])Cc1ccccc1. The predicted octanol–water partition coefficient (Wildman–Crippen LogP) is 1.79. The molecular weight excluding hydrogens is 160 g/mol. The van der Waals surface area contributed by atoms with Crippen molar-refractivity contribution in [3.63, 3.8) is 0 Å². The lowest BCUT2D eigenvalue weighted by Crippen LogP contribution is -2.26. The molecule has 2 nitrogen and oxygen atoms in total. The number of likely N-dealkylation sites (N-methyl/N-ethyl adjacent to an activating group) is 1. The Kier molecular flexibility index (Phi) is 4.50. The molecule has 71 valence electrons. The Bertz CT molecular complexity index is 221. The number of hydrogen-bond donors (Lipinski definition) is 0. The molecule has 1 aromatic rings. The molecular formula is C11H17N2. The fourth-order valence-corrected chi connectivity index (χ4v) is 1.35. The molecule has 0 fully saturated rings. The second-order valence-electron chi connectivity index (χ2n) is 3.10. The first kappa shape index (κ1) is 10.2. The smallest absolute Gasteiger partial charge is 0.0234 e. The monoisotopic (exact) mass is 177 g/mol. The highest BCUT2D eigenvalue weighted by molar-refractivity contribution is 5.14. The first-order valence-corrected chi connectivity index (χ1v) is 4.77. The van der Waals surface area contributed by atoms with E-state index in [1.807, 2.05) is 6.07 Å². The van der Waals surface area contributed by atoms with Gasteiger partial charge in [0.15, 0.2) is 0 Å². The van der Waals surface area contributed by atoms with Crippen molar-refractivity contribution in [2.45, 2.75) is 13.5 Å². The predicted molar refractivity (Wildman–Crippen MR) is 55.4 cm³/mol. The maximum Gasteiger partial charge on any atom is 0.0234 e. The molecule has 0 heterocycles. The van der Waals surface area contributed by atoms with Crippen molar-refractivity contribution in [1.82, 2.24) is 10.6 Å². The highest BCUT2D eigenvalue weighted by Crippen LogP contribution is 2.02. The zero-order valence-electron chi connectivity index (χ0n) is 8.16. The molecule has 0 aliphatic carbocycles. The van der Waals surface area contributed by atoms with Gasteiger partial charge in [0.25, 0.3) is 0 Å². The van der Waals surface area contributed by atoms with Gasteiger partial charge in [0.1, 0.15) is 0 Å². The zero-order valence-corrected chi connectivity index (χ0v) is 8.16. The summed E-state index contributed by atoms with van der Waals surface area (Å²) in [6.45, 7) is 5.48. The van der Waals surface area contributed by atoms with E-state index < -0.39 is 0 Å². The molecule has 0 spiro atoms. The normalized spacial score (nSPS) is 10.7. The van der Waals surface area contributed by atoms with Crippen LogP contribution in [0.2, 0.25) is 0 Å². The molecule has 1 N–H and O–H groups in total. The minimum absolute atomic E-state index is 0.487. The lowest BCUT2D eigenvalue weighted by Gasteiger charge is -2.18. The van der Waals surface area contributed by atoms with Gasteiger partial charge in [-0.2, -0.15) is 0 Å². The molecule has 1 radical (unpaired) electrons. The maximum atomic E-state index is 7.16. The van der Waals surface area contributed by atoms with E-state index in [0.29, 0.717) is 6.54 Å². The highest BCUT2D eigenvalue weighted by Gasteiger charge is 2.00. The van der Waals surface area contributed by atoms with Gasteiger partial charge < -0.3 is 0 Å².